The Morgan fingerprint density at radius 1 is 0.947 bits per heavy atom. The van der Waals surface area contributed by atoms with Crippen molar-refractivity contribution in [3.05, 3.63) is 63.0 Å². The zero-order valence-corrected chi connectivity index (χ0v) is 13.6. The van der Waals surface area contributed by atoms with Crippen LogP contribution in [-0.4, -0.2) is 14.6 Å². The molecule has 98 valence electrons. The molecule has 0 unspecified atom stereocenters. The lowest BCUT2D eigenvalue weighted by atomic mass is 10.2. The summed E-state index contributed by atoms with van der Waals surface area (Å²) in [7, 11) is -3.66. The van der Waals surface area contributed by atoms with Gasteiger partial charge < -0.3 is 0 Å². The highest BCUT2D eigenvalue weighted by Gasteiger charge is 2.11. The molecule has 0 saturated heterocycles. The van der Waals surface area contributed by atoms with E-state index in [9.17, 15) is 8.42 Å². The molecule has 0 amide bonds. The quantitative estimate of drug-likeness (QED) is 0.728. The molecule has 0 aromatic heterocycles. The van der Waals surface area contributed by atoms with Crippen LogP contribution in [0.1, 0.15) is 5.56 Å². The van der Waals surface area contributed by atoms with Gasteiger partial charge in [0.1, 0.15) is 0 Å². The summed E-state index contributed by atoms with van der Waals surface area (Å²) in [5.74, 6) is 0. The first kappa shape index (κ1) is 14.4. The van der Waals surface area contributed by atoms with E-state index in [2.05, 4.69) is 36.3 Å². The second kappa shape index (κ2) is 5.98. The van der Waals surface area contributed by atoms with E-state index in [1.807, 2.05) is 12.1 Å². The maximum Gasteiger partial charge on any atom is 0.282 e. The Bertz CT molecular complexity index is 710. The van der Waals surface area contributed by atoms with Gasteiger partial charge in [-0.3, -0.25) is 0 Å². The molecule has 0 spiro atoms. The monoisotopic (exact) mass is 401 g/mol. The van der Waals surface area contributed by atoms with Gasteiger partial charge in [-0.15, -0.1) is 0 Å². The topological polar surface area (TPSA) is 46.5 Å². The summed E-state index contributed by atoms with van der Waals surface area (Å²) >= 11 is 6.55. The van der Waals surface area contributed by atoms with Crippen LogP contribution >= 0.6 is 31.9 Å². The van der Waals surface area contributed by atoms with Crippen LogP contribution in [0.25, 0.3) is 0 Å². The Balaban J connectivity index is 2.29. The molecule has 0 aliphatic heterocycles. The maximum absolute atomic E-state index is 12.0. The van der Waals surface area contributed by atoms with Crippen molar-refractivity contribution in [2.75, 3.05) is 0 Å². The summed E-state index contributed by atoms with van der Waals surface area (Å²) in [5.41, 5.74) is 0.724. The average molecular weight is 403 g/mol. The van der Waals surface area contributed by atoms with E-state index in [1.165, 1.54) is 18.3 Å². The van der Waals surface area contributed by atoms with Crippen LogP contribution in [0.5, 0.6) is 0 Å². The molecule has 0 fully saturated rings. The van der Waals surface area contributed by atoms with Crippen molar-refractivity contribution >= 4 is 48.1 Å². The van der Waals surface area contributed by atoms with Gasteiger partial charge in [0.15, 0.2) is 0 Å². The largest absolute Gasteiger partial charge is 0.282 e. The third-order valence-corrected chi connectivity index (χ3v) is 4.56. The van der Waals surface area contributed by atoms with Crippen LogP contribution in [0.15, 0.2) is 66.8 Å². The minimum atomic E-state index is -3.66. The average Bonchev–Trinajstić information content (AvgIpc) is 2.38. The lowest BCUT2D eigenvalue weighted by molar-refractivity contribution is 0.598. The summed E-state index contributed by atoms with van der Waals surface area (Å²) in [5, 5.41) is 0. The van der Waals surface area contributed by atoms with Gasteiger partial charge >= 0.3 is 0 Å². The number of hydrogen-bond donors (Lipinski definition) is 0. The molecule has 0 aliphatic rings. The zero-order chi connectivity index (χ0) is 13.9. The molecule has 2 aromatic rings. The van der Waals surface area contributed by atoms with Crippen molar-refractivity contribution in [2.24, 2.45) is 4.40 Å². The Labute approximate surface area is 128 Å². The van der Waals surface area contributed by atoms with Gasteiger partial charge in [0.25, 0.3) is 10.0 Å². The molecule has 0 saturated carbocycles. The molecule has 6 heteroatoms. The molecule has 2 aromatic carbocycles. The highest BCUT2D eigenvalue weighted by Crippen LogP contribution is 2.18. The van der Waals surface area contributed by atoms with Crippen molar-refractivity contribution in [3.63, 3.8) is 0 Å². The van der Waals surface area contributed by atoms with Crippen molar-refractivity contribution in [1.29, 1.82) is 0 Å². The number of nitrogens with zero attached hydrogens (tertiary/aromatic N) is 1. The summed E-state index contributed by atoms with van der Waals surface area (Å²) in [6, 6.07) is 13.7. The van der Waals surface area contributed by atoms with Crippen LogP contribution in [-0.2, 0) is 10.0 Å². The van der Waals surface area contributed by atoms with Crippen LogP contribution in [0, 0.1) is 0 Å². The van der Waals surface area contributed by atoms with E-state index < -0.39 is 10.0 Å². The Morgan fingerprint density at radius 3 is 2.26 bits per heavy atom. The number of benzene rings is 2. The molecular formula is C13H9Br2NO2S. The first-order valence-electron chi connectivity index (χ1n) is 5.29. The molecule has 0 radical (unpaired) electrons. The maximum atomic E-state index is 12.0. The fourth-order valence-electron chi connectivity index (χ4n) is 1.37. The van der Waals surface area contributed by atoms with Gasteiger partial charge in [-0.25, -0.2) is 0 Å². The molecule has 0 heterocycles. The zero-order valence-electron chi connectivity index (χ0n) is 9.62. The van der Waals surface area contributed by atoms with Crippen molar-refractivity contribution in [3.8, 4) is 0 Å². The highest BCUT2D eigenvalue weighted by atomic mass is 79.9. The Morgan fingerprint density at radius 2 is 1.63 bits per heavy atom. The first-order valence-corrected chi connectivity index (χ1v) is 8.31. The van der Waals surface area contributed by atoms with Crippen LogP contribution in [0.3, 0.4) is 0 Å². The number of sulfonamides is 1. The summed E-state index contributed by atoms with van der Waals surface area (Å²) in [4.78, 5) is 0.162. The fourth-order valence-corrected chi connectivity index (χ4v) is 3.09. The van der Waals surface area contributed by atoms with E-state index in [0.717, 1.165) is 10.0 Å². The highest BCUT2D eigenvalue weighted by molar-refractivity contribution is 9.10. The van der Waals surface area contributed by atoms with Gasteiger partial charge in [-0.05, 0) is 35.9 Å². The molecule has 0 atom stereocenters. The first-order chi connectivity index (χ1) is 8.97. The van der Waals surface area contributed by atoms with Crippen molar-refractivity contribution < 1.29 is 8.42 Å². The third-order valence-electron chi connectivity index (χ3n) is 2.30. The fraction of sp³-hybridized carbons (Fsp3) is 0. The molecule has 2 rings (SSSR count). The Hall–Kier alpha value is -0.980. The van der Waals surface area contributed by atoms with Crippen LogP contribution in [0.2, 0.25) is 0 Å². The predicted octanol–water partition coefficient (Wildman–Crippen LogP) is 4.02. The minimum absolute atomic E-state index is 0.162. The summed E-state index contributed by atoms with van der Waals surface area (Å²) < 4.78 is 29.3. The standard InChI is InChI=1S/C13H9Br2NO2S/c14-11-6-4-10(5-7-11)9-16-19(17,18)13-3-1-2-12(15)8-13/h1-9H. The van der Waals surface area contributed by atoms with E-state index in [-0.39, 0.29) is 4.90 Å². The molecule has 0 bridgehead atoms. The molecule has 0 aliphatic carbocycles. The number of hydrogen-bond acceptors (Lipinski definition) is 2. The lowest BCUT2D eigenvalue weighted by Crippen LogP contribution is -1.97. The van der Waals surface area contributed by atoms with E-state index in [4.69, 9.17) is 0 Å². The van der Waals surface area contributed by atoms with Gasteiger partial charge in [0, 0.05) is 15.2 Å². The number of rotatable bonds is 3. The second-order valence-corrected chi connectivity index (χ2v) is 7.18. The third kappa shape index (κ3) is 3.99. The van der Waals surface area contributed by atoms with E-state index >= 15 is 0 Å². The van der Waals surface area contributed by atoms with Gasteiger partial charge in [-0.2, -0.15) is 12.8 Å². The van der Waals surface area contributed by atoms with Crippen LogP contribution < -0.4 is 0 Å². The molecule has 3 nitrogen and oxygen atoms in total. The van der Waals surface area contributed by atoms with Gasteiger partial charge in [0.2, 0.25) is 0 Å². The SMILES string of the molecule is O=S(=O)(N=Cc1ccc(Br)cc1)c1cccc(Br)c1. The second-order valence-electron chi connectivity index (χ2n) is 3.72. The van der Waals surface area contributed by atoms with E-state index in [1.54, 1.807) is 24.3 Å². The lowest BCUT2D eigenvalue weighted by Gasteiger charge is -1.99. The Kier molecular flexibility index (Phi) is 4.54. The van der Waals surface area contributed by atoms with Gasteiger partial charge in [0.05, 0.1) is 4.90 Å². The molecular weight excluding hydrogens is 394 g/mol. The normalized spacial score (nSPS) is 11.9. The predicted molar refractivity (Wildman–Crippen MR) is 83.1 cm³/mol. The summed E-state index contributed by atoms with van der Waals surface area (Å²) in [6.45, 7) is 0. The van der Waals surface area contributed by atoms with E-state index in [0.29, 0.717) is 4.47 Å². The molecule has 0 N–H and O–H groups in total. The number of halogens is 2. The van der Waals surface area contributed by atoms with Crippen molar-refractivity contribution in [1.82, 2.24) is 0 Å². The summed E-state index contributed by atoms with van der Waals surface area (Å²) in [6.07, 6.45) is 1.34. The smallest absolute Gasteiger partial charge is 0.199 e. The minimum Gasteiger partial charge on any atom is -0.199 e. The van der Waals surface area contributed by atoms with Crippen LogP contribution in [0.4, 0.5) is 0 Å². The molecule has 19 heavy (non-hydrogen) atoms. The van der Waals surface area contributed by atoms with Gasteiger partial charge in [-0.1, -0.05) is 50.1 Å². The van der Waals surface area contributed by atoms with Crippen molar-refractivity contribution in [2.45, 2.75) is 4.90 Å².